The first-order chi connectivity index (χ1) is 9.74. The van der Waals surface area contributed by atoms with E-state index < -0.39 is 0 Å². The van der Waals surface area contributed by atoms with Gasteiger partial charge in [0.2, 0.25) is 0 Å². The molecule has 0 amide bonds. The zero-order valence-corrected chi connectivity index (χ0v) is 10.7. The molecule has 0 bridgehead atoms. The first-order valence-electron chi connectivity index (χ1n) is 6.20. The summed E-state index contributed by atoms with van der Waals surface area (Å²) in [5.41, 5.74) is 7.26. The minimum atomic E-state index is -0.368. The summed E-state index contributed by atoms with van der Waals surface area (Å²) in [4.78, 5) is 8.30. The first-order valence-corrected chi connectivity index (χ1v) is 6.20. The number of rotatable bonds is 3. The number of anilines is 2. The lowest BCUT2D eigenvalue weighted by Crippen LogP contribution is -2.03. The highest BCUT2D eigenvalue weighted by atomic mass is 19.1. The maximum Gasteiger partial charge on any atom is 0.134 e. The van der Waals surface area contributed by atoms with Gasteiger partial charge in [0.1, 0.15) is 11.6 Å². The predicted octanol–water partition coefficient (Wildman–Crippen LogP) is 2.96. The van der Waals surface area contributed by atoms with E-state index in [0.717, 1.165) is 10.9 Å². The number of nitrogens with zero attached hydrogens (tertiary/aromatic N) is 2. The van der Waals surface area contributed by atoms with Crippen LogP contribution in [-0.2, 0) is 6.54 Å². The molecule has 0 fully saturated rings. The quantitative estimate of drug-likeness (QED) is 0.717. The molecule has 0 unspecified atom stereocenters. The number of nitrogens with one attached hydrogen (secondary N) is 1. The van der Waals surface area contributed by atoms with Crippen molar-refractivity contribution in [3.8, 4) is 0 Å². The van der Waals surface area contributed by atoms with Crippen molar-refractivity contribution in [2.45, 2.75) is 6.54 Å². The summed E-state index contributed by atoms with van der Waals surface area (Å²) >= 11 is 0. The van der Waals surface area contributed by atoms with Gasteiger partial charge in [0.05, 0.1) is 0 Å². The van der Waals surface area contributed by atoms with Crippen molar-refractivity contribution in [2.75, 3.05) is 11.1 Å². The summed E-state index contributed by atoms with van der Waals surface area (Å²) < 4.78 is 13.5. The lowest BCUT2D eigenvalue weighted by molar-refractivity contribution is 0.630. The molecule has 2 heterocycles. The molecule has 0 aliphatic carbocycles. The Morgan fingerprint density at radius 1 is 1.15 bits per heavy atom. The average molecular weight is 268 g/mol. The summed E-state index contributed by atoms with van der Waals surface area (Å²) in [5.74, 6) is 0.241. The van der Waals surface area contributed by atoms with Crippen molar-refractivity contribution >= 4 is 22.3 Å². The van der Waals surface area contributed by atoms with E-state index in [2.05, 4.69) is 15.3 Å². The molecule has 3 N–H and O–H groups in total. The Hall–Kier alpha value is -2.69. The number of halogens is 1. The van der Waals surface area contributed by atoms with Gasteiger partial charge in [-0.05, 0) is 29.8 Å². The molecule has 3 rings (SSSR count). The molecule has 20 heavy (non-hydrogen) atoms. The molecule has 2 aromatic heterocycles. The van der Waals surface area contributed by atoms with E-state index in [1.54, 1.807) is 24.7 Å². The van der Waals surface area contributed by atoms with Gasteiger partial charge in [0.15, 0.2) is 0 Å². The van der Waals surface area contributed by atoms with Crippen LogP contribution in [0.25, 0.3) is 10.8 Å². The summed E-state index contributed by atoms with van der Waals surface area (Å²) in [6.45, 7) is 0.566. The Bertz CT molecular complexity index is 743. The van der Waals surface area contributed by atoms with E-state index in [1.165, 1.54) is 12.1 Å². The van der Waals surface area contributed by atoms with Crippen LogP contribution in [0.4, 0.5) is 15.9 Å². The molecule has 0 radical (unpaired) electrons. The van der Waals surface area contributed by atoms with Gasteiger partial charge in [-0.15, -0.1) is 0 Å². The molecule has 3 aromatic rings. The van der Waals surface area contributed by atoms with Crippen LogP contribution in [0.5, 0.6) is 0 Å². The van der Waals surface area contributed by atoms with Crippen LogP contribution < -0.4 is 11.1 Å². The Kier molecular flexibility index (Phi) is 3.16. The van der Waals surface area contributed by atoms with E-state index in [1.807, 2.05) is 12.1 Å². The predicted molar refractivity (Wildman–Crippen MR) is 77.7 cm³/mol. The van der Waals surface area contributed by atoms with Crippen LogP contribution in [0, 0.1) is 5.82 Å². The normalized spacial score (nSPS) is 10.7. The summed E-state index contributed by atoms with van der Waals surface area (Å²) in [5, 5.41) is 4.65. The maximum atomic E-state index is 13.5. The number of pyridine rings is 2. The maximum absolute atomic E-state index is 13.5. The number of aromatic nitrogens is 2. The molecule has 0 spiro atoms. The van der Waals surface area contributed by atoms with Crippen LogP contribution >= 0.6 is 0 Å². The second-order valence-electron chi connectivity index (χ2n) is 4.46. The molecular weight excluding hydrogens is 255 g/mol. The summed E-state index contributed by atoms with van der Waals surface area (Å²) in [6.07, 6.45) is 5.14. The zero-order chi connectivity index (χ0) is 13.9. The minimum Gasteiger partial charge on any atom is -0.398 e. The third kappa shape index (κ3) is 2.38. The molecule has 0 saturated heterocycles. The minimum absolute atomic E-state index is 0.368. The monoisotopic (exact) mass is 268 g/mol. The lowest BCUT2D eigenvalue weighted by Gasteiger charge is -2.10. The first kappa shape index (κ1) is 12.3. The van der Waals surface area contributed by atoms with E-state index >= 15 is 0 Å². The van der Waals surface area contributed by atoms with Crippen LogP contribution in [0.15, 0.2) is 48.9 Å². The van der Waals surface area contributed by atoms with Crippen molar-refractivity contribution in [1.29, 1.82) is 0 Å². The van der Waals surface area contributed by atoms with Gasteiger partial charge in [-0.25, -0.2) is 9.37 Å². The lowest BCUT2D eigenvalue weighted by atomic mass is 10.1. The molecule has 100 valence electrons. The van der Waals surface area contributed by atoms with Crippen molar-refractivity contribution in [1.82, 2.24) is 9.97 Å². The number of fused-ring (bicyclic) bond motifs is 1. The van der Waals surface area contributed by atoms with Crippen LogP contribution in [0.2, 0.25) is 0 Å². The average Bonchev–Trinajstić information content (AvgIpc) is 2.46. The standard InChI is InChI=1S/C15H13FN4/c16-11-6-13-12(14(17)7-11)3-5-19-15(13)20-9-10-2-1-4-18-8-10/h1-8H,9,17H2,(H,19,20). The van der Waals surface area contributed by atoms with Crippen molar-refractivity contribution in [3.63, 3.8) is 0 Å². The van der Waals surface area contributed by atoms with Gasteiger partial charge in [0.25, 0.3) is 0 Å². The Labute approximate surface area is 115 Å². The second kappa shape index (κ2) is 5.13. The summed E-state index contributed by atoms with van der Waals surface area (Å²) in [6, 6.07) is 8.35. The molecule has 5 heteroatoms. The fourth-order valence-electron chi connectivity index (χ4n) is 2.11. The van der Waals surface area contributed by atoms with Gasteiger partial charge in [-0.2, -0.15) is 0 Å². The Balaban J connectivity index is 1.95. The molecule has 0 aliphatic heterocycles. The van der Waals surface area contributed by atoms with Gasteiger partial charge in [-0.1, -0.05) is 6.07 Å². The van der Waals surface area contributed by atoms with Crippen LogP contribution in [-0.4, -0.2) is 9.97 Å². The number of hydrogen-bond acceptors (Lipinski definition) is 4. The fourth-order valence-corrected chi connectivity index (χ4v) is 2.11. The van der Waals surface area contributed by atoms with Crippen molar-refractivity contribution in [2.24, 2.45) is 0 Å². The highest BCUT2D eigenvalue weighted by Gasteiger charge is 2.07. The third-order valence-electron chi connectivity index (χ3n) is 3.06. The van der Waals surface area contributed by atoms with Gasteiger partial charge in [-0.3, -0.25) is 4.98 Å². The molecule has 1 aromatic carbocycles. The summed E-state index contributed by atoms with van der Waals surface area (Å²) in [7, 11) is 0. The second-order valence-corrected chi connectivity index (χ2v) is 4.46. The highest BCUT2D eigenvalue weighted by molar-refractivity contribution is 5.99. The van der Waals surface area contributed by atoms with Crippen molar-refractivity contribution in [3.05, 3.63) is 60.3 Å². The molecule has 0 atom stereocenters. The number of benzene rings is 1. The highest BCUT2D eigenvalue weighted by Crippen LogP contribution is 2.27. The number of hydrogen-bond donors (Lipinski definition) is 2. The van der Waals surface area contributed by atoms with Crippen LogP contribution in [0.1, 0.15) is 5.56 Å². The SMILES string of the molecule is Nc1cc(F)cc2c(NCc3cccnc3)nccc12. The van der Waals surface area contributed by atoms with Crippen LogP contribution in [0.3, 0.4) is 0 Å². The molecule has 0 aliphatic rings. The third-order valence-corrected chi connectivity index (χ3v) is 3.06. The topological polar surface area (TPSA) is 63.8 Å². The Morgan fingerprint density at radius 3 is 2.85 bits per heavy atom. The number of nitrogens with two attached hydrogens (primary N) is 1. The number of nitrogen functional groups attached to an aromatic ring is 1. The molecular formula is C15H13FN4. The molecule has 4 nitrogen and oxygen atoms in total. The van der Waals surface area contributed by atoms with Crippen molar-refractivity contribution < 1.29 is 4.39 Å². The van der Waals surface area contributed by atoms with Gasteiger partial charge in [0, 0.05) is 41.6 Å². The largest absolute Gasteiger partial charge is 0.398 e. The van der Waals surface area contributed by atoms with E-state index in [9.17, 15) is 4.39 Å². The van der Waals surface area contributed by atoms with E-state index in [4.69, 9.17) is 5.73 Å². The van der Waals surface area contributed by atoms with E-state index in [0.29, 0.717) is 23.4 Å². The van der Waals surface area contributed by atoms with Gasteiger partial charge >= 0.3 is 0 Å². The van der Waals surface area contributed by atoms with E-state index in [-0.39, 0.29) is 5.82 Å². The fraction of sp³-hybridized carbons (Fsp3) is 0.0667. The Morgan fingerprint density at radius 2 is 2.05 bits per heavy atom. The zero-order valence-electron chi connectivity index (χ0n) is 10.7. The smallest absolute Gasteiger partial charge is 0.134 e. The molecule has 0 saturated carbocycles. The van der Waals surface area contributed by atoms with Gasteiger partial charge < -0.3 is 11.1 Å².